The van der Waals surface area contributed by atoms with Gasteiger partial charge in [-0.3, -0.25) is 5.32 Å². The van der Waals surface area contributed by atoms with Gasteiger partial charge in [0.05, 0.1) is 25.2 Å². The summed E-state index contributed by atoms with van der Waals surface area (Å²) in [4.78, 5) is 11.3. The van der Waals surface area contributed by atoms with E-state index >= 15 is 0 Å². The minimum atomic E-state index is -3.62. The minimum Gasteiger partial charge on any atom is -0.453 e. The van der Waals surface area contributed by atoms with Crippen molar-refractivity contribution in [2.24, 2.45) is 0 Å². The molecule has 7 nitrogen and oxygen atoms in total. The van der Waals surface area contributed by atoms with Crippen molar-refractivity contribution in [3.05, 3.63) is 24.3 Å². The maximum atomic E-state index is 12.6. The van der Waals surface area contributed by atoms with Gasteiger partial charge in [0.25, 0.3) is 0 Å². The number of benzene rings is 1. The van der Waals surface area contributed by atoms with E-state index in [1.54, 1.807) is 19.1 Å². The van der Waals surface area contributed by atoms with Gasteiger partial charge in [-0.15, -0.1) is 0 Å². The summed E-state index contributed by atoms with van der Waals surface area (Å²) in [5.74, 6) is 0. The first-order valence-electron chi connectivity index (χ1n) is 6.50. The van der Waals surface area contributed by atoms with Crippen molar-refractivity contribution >= 4 is 21.8 Å². The van der Waals surface area contributed by atoms with Crippen LogP contribution >= 0.6 is 0 Å². The SMILES string of the molecule is COC(=O)Nc1cccc(S(=O)(=O)N2CCOCC2C)c1. The zero-order chi connectivity index (χ0) is 15.5. The summed E-state index contributed by atoms with van der Waals surface area (Å²) in [5.41, 5.74) is 0.365. The van der Waals surface area contributed by atoms with Crippen molar-refractivity contribution in [2.45, 2.75) is 17.9 Å². The topological polar surface area (TPSA) is 84.9 Å². The maximum absolute atomic E-state index is 12.6. The van der Waals surface area contributed by atoms with E-state index in [-0.39, 0.29) is 10.9 Å². The van der Waals surface area contributed by atoms with Gasteiger partial charge in [0.2, 0.25) is 10.0 Å². The standard InChI is InChI=1S/C13H18N2O5S/c1-10-9-20-7-6-15(10)21(17,18)12-5-3-4-11(8-12)14-13(16)19-2/h3-5,8,10H,6-7,9H2,1-2H3,(H,14,16). The molecule has 1 fully saturated rings. The Morgan fingerprint density at radius 2 is 2.24 bits per heavy atom. The van der Waals surface area contributed by atoms with Crippen LogP contribution in [0, 0.1) is 0 Å². The fourth-order valence-electron chi connectivity index (χ4n) is 2.11. The number of hydrogen-bond donors (Lipinski definition) is 1. The molecule has 0 bridgehead atoms. The molecule has 1 atom stereocenters. The third-order valence-electron chi connectivity index (χ3n) is 3.18. The van der Waals surface area contributed by atoms with E-state index in [0.29, 0.717) is 25.4 Å². The Hall–Kier alpha value is -1.64. The number of methoxy groups -OCH3 is 1. The smallest absolute Gasteiger partial charge is 0.411 e. The van der Waals surface area contributed by atoms with E-state index < -0.39 is 16.1 Å². The van der Waals surface area contributed by atoms with Crippen LogP contribution in [0.3, 0.4) is 0 Å². The molecule has 2 rings (SSSR count). The second kappa shape index (κ2) is 6.42. The van der Waals surface area contributed by atoms with Gasteiger partial charge in [-0.1, -0.05) is 6.07 Å². The zero-order valence-corrected chi connectivity index (χ0v) is 12.7. The molecule has 0 aromatic heterocycles. The molecule has 8 heteroatoms. The zero-order valence-electron chi connectivity index (χ0n) is 11.9. The molecule has 0 spiro atoms. The van der Waals surface area contributed by atoms with Gasteiger partial charge in [-0.05, 0) is 25.1 Å². The fraction of sp³-hybridized carbons (Fsp3) is 0.462. The van der Waals surface area contributed by atoms with Crippen LogP contribution in [-0.4, -0.2) is 51.7 Å². The lowest BCUT2D eigenvalue weighted by molar-refractivity contribution is 0.0393. The van der Waals surface area contributed by atoms with Crippen LogP contribution < -0.4 is 5.32 Å². The lowest BCUT2D eigenvalue weighted by Gasteiger charge is -2.32. The van der Waals surface area contributed by atoms with Gasteiger partial charge >= 0.3 is 6.09 Å². The molecule has 1 aliphatic rings. The summed E-state index contributed by atoms with van der Waals surface area (Å²) in [6, 6.07) is 5.86. The number of carbonyl (C=O) groups is 1. The Morgan fingerprint density at radius 3 is 2.90 bits per heavy atom. The van der Waals surface area contributed by atoms with E-state index in [1.165, 1.54) is 23.5 Å². The molecule has 0 radical (unpaired) electrons. The third kappa shape index (κ3) is 3.52. The van der Waals surface area contributed by atoms with Crippen molar-refractivity contribution in [1.29, 1.82) is 0 Å². The molecule has 1 heterocycles. The number of hydrogen-bond acceptors (Lipinski definition) is 5. The van der Waals surface area contributed by atoms with E-state index in [4.69, 9.17) is 4.74 Å². The molecule has 116 valence electrons. The van der Waals surface area contributed by atoms with E-state index in [0.717, 1.165) is 0 Å². The molecule has 1 aromatic carbocycles. The van der Waals surface area contributed by atoms with Crippen LogP contribution in [0.15, 0.2) is 29.2 Å². The van der Waals surface area contributed by atoms with Crippen LogP contribution in [-0.2, 0) is 19.5 Å². The Kier molecular flexibility index (Phi) is 4.81. The predicted molar refractivity (Wildman–Crippen MR) is 76.6 cm³/mol. The number of carbonyl (C=O) groups excluding carboxylic acids is 1. The van der Waals surface area contributed by atoms with Gasteiger partial charge in [-0.25, -0.2) is 13.2 Å². The molecule has 0 saturated carbocycles. The van der Waals surface area contributed by atoms with Gasteiger partial charge in [-0.2, -0.15) is 4.31 Å². The summed E-state index contributed by atoms with van der Waals surface area (Å²) >= 11 is 0. The molecule has 1 unspecified atom stereocenters. The molecule has 1 aromatic rings. The lowest BCUT2D eigenvalue weighted by atomic mass is 10.3. The van der Waals surface area contributed by atoms with E-state index in [2.05, 4.69) is 10.1 Å². The van der Waals surface area contributed by atoms with Crippen molar-refractivity contribution in [3.8, 4) is 0 Å². The second-order valence-electron chi connectivity index (χ2n) is 4.68. The molecule has 1 aliphatic heterocycles. The number of nitrogens with one attached hydrogen (secondary N) is 1. The first-order valence-corrected chi connectivity index (χ1v) is 7.94. The summed E-state index contributed by atoms with van der Waals surface area (Å²) < 4.78 is 36.4. The van der Waals surface area contributed by atoms with Crippen LogP contribution in [0.4, 0.5) is 10.5 Å². The van der Waals surface area contributed by atoms with Crippen LogP contribution in [0.1, 0.15) is 6.92 Å². The number of sulfonamides is 1. The average molecular weight is 314 g/mol. The van der Waals surface area contributed by atoms with Crippen molar-refractivity contribution < 1.29 is 22.7 Å². The Labute approximate surface area is 123 Å². The molecule has 0 aliphatic carbocycles. The molecular formula is C13H18N2O5S. The van der Waals surface area contributed by atoms with Crippen LogP contribution in [0.2, 0.25) is 0 Å². The van der Waals surface area contributed by atoms with Crippen molar-refractivity contribution in [1.82, 2.24) is 4.31 Å². The van der Waals surface area contributed by atoms with Gasteiger partial charge < -0.3 is 9.47 Å². The number of nitrogens with zero attached hydrogens (tertiary/aromatic N) is 1. The highest BCUT2D eigenvalue weighted by Crippen LogP contribution is 2.23. The highest BCUT2D eigenvalue weighted by atomic mass is 32.2. The van der Waals surface area contributed by atoms with Crippen LogP contribution in [0.5, 0.6) is 0 Å². The van der Waals surface area contributed by atoms with Crippen LogP contribution in [0.25, 0.3) is 0 Å². The second-order valence-corrected chi connectivity index (χ2v) is 6.57. The monoisotopic (exact) mass is 314 g/mol. The van der Waals surface area contributed by atoms with Crippen molar-refractivity contribution in [3.63, 3.8) is 0 Å². The minimum absolute atomic E-state index is 0.130. The Balaban J connectivity index is 2.27. The molecule has 1 amide bonds. The first kappa shape index (κ1) is 15.7. The van der Waals surface area contributed by atoms with Gasteiger partial charge in [0.15, 0.2) is 0 Å². The average Bonchev–Trinajstić information content (AvgIpc) is 2.47. The molecule has 21 heavy (non-hydrogen) atoms. The normalized spacial score (nSPS) is 20.0. The third-order valence-corrected chi connectivity index (χ3v) is 5.19. The van der Waals surface area contributed by atoms with E-state index in [1.807, 2.05) is 0 Å². The summed E-state index contributed by atoms with van der Waals surface area (Å²) in [5, 5.41) is 2.45. The predicted octanol–water partition coefficient (Wildman–Crippen LogP) is 1.27. The number of ether oxygens (including phenoxy) is 2. The number of anilines is 1. The fourth-order valence-corrected chi connectivity index (χ4v) is 3.75. The Morgan fingerprint density at radius 1 is 1.48 bits per heavy atom. The number of rotatable bonds is 3. The lowest BCUT2D eigenvalue weighted by Crippen LogP contribution is -2.46. The summed E-state index contributed by atoms with van der Waals surface area (Å²) in [6.45, 7) is 2.87. The van der Waals surface area contributed by atoms with Gasteiger partial charge in [0, 0.05) is 18.3 Å². The quantitative estimate of drug-likeness (QED) is 0.908. The molecule has 1 saturated heterocycles. The number of amides is 1. The maximum Gasteiger partial charge on any atom is 0.411 e. The van der Waals surface area contributed by atoms with E-state index in [9.17, 15) is 13.2 Å². The largest absolute Gasteiger partial charge is 0.453 e. The molecule has 1 N–H and O–H groups in total. The van der Waals surface area contributed by atoms with Gasteiger partial charge in [0.1, 0.15) is 0 Å². The highest BCUT2D eigenvalue weighted by Gasteiger charge is 2.31. The summed E-state index contributed by atoms with van der Waals surface area (Å²) in [7, 11) is -2.37. The number of morpholine rings is 1. The highest BCUT2D eigenvalue weighted by molar-refractivity contribution is 7.89. The molecular weight excluding hydrogens is 296 g/mol. The van der Waals surface area contributed by atoms with Crippen molar-refractivity contribution in [2.75, 3.05) is 32.2 Å². The summed E-state index contributed by atoms with van der Waals surface area (Å²) in [6.07, 6.45) is -0.649. The first-order chi connectivity index (χ1) is 9.95. The Bertz CT molecular complexity index is 617.